The van der Waals surface area contributed by atoms with E-state index in [2.05, 4.69) is 10.6 Å². The van der Waals surface area contributed by atoms with E-state index in [1.807, 2.05) is 0 Å². The van der Waals surface area contributed by atoms with Crippen molar-refractivity contribution >= 4 is 17.5 Å². The molecule has 8 heteroatoms. The molecule has 124 valence electrons. The van der Waals surface area contributed by atoms with Gasteiger partial charge in [0.15, 0.2) is 0 Å². The molecule has 2 unspecified atom stereocenters. The molecule has 2 N–H and O–H groups in total. The number of rotatable bonds is 6. The van der Waals surface area contributed by atoms with Crippen molar-refractivity contribution in [3.8, 4) is 0 Å². The number of non-ortho nitro benzene ring substituents is 1. The van der Waals surface area contributed by atoms with Gasteiger partial charge in [-0.15, -0.1) is 0 Å². The molecule has 0 aliphatic carbocycles. The molecule has 0 spiro atoms. The smallest absolute Gasteiger partial charge is 0.270 e. The Morgan fingerprint density at radius 1 is 1.48 bits per heavy atom. The maximum absolute atomic E-state index is 12.1. The summed E-state index contributed by atoms with van der Waals surface area (Å²) in [5, 5.41) is 16.0. The van der Waals surface area contributed by atoms with E-state index in [1.165, 1.54) is 24.3 Å². The van der Waals surface area contributed by atoms with Crippen LogP contribution in [0, 0.1) is 10.1 Å². The SMILES string of the molecule is CC(NC(=O)c1cccc([N+](=O)[O-])c1)C(=O)NCC1CCCO1. The number of nitrogens with one attached hydrogen (secondary N) is 2. The predicted octanol–water partition coefficient (Wildman–Crippen LogP) is 1.01. The Labute approximate surface area is 133 Å². The van der Waals surface area contributed by atoms with Gasteiger partial charge in [-0.1, -0.05) is 6.07 Å². The van der Waals surface area contributed by atoms with Crippen molar-refractivity contribution in [3.63, 3.8) is 0 Å². The average Bonchev–Trinajstić information content (AvgIpc) is 3.06. The van der Waals surface area contributed by atoms with Crippen LogP contribution >= 0.6 is 0 Å². The molecule has 8 nitrogen and oxygen atoms in total. The van der Waals surface area contributed by atoms with Crippen molar-refractivity contribution in [2.45, 2.75) is 31.9 Å². The quantitative estimate of drug-likeness (QED) is 0.600. The molecule has 1 aliphatic rings. The molecule has 0 aromatic heterocycles. The van der Waals surface area contributed by atoms with Crippen LogP contribution < -0.4 is 10.6 Å². The second-order valence-corrected chi connectivity index (χ2v) is 5.38. The van der Waals surface area contributed by atoms with E-state index in [-0.39, 0.29) is 23.3 Å². The number of hydrogen-bond acceptors (Lipinski definition) is 5. The van der Waals surface area contributed by atoms with E-state index in [0.717, 1.165) is 12.8 Å². The van der Waals surface area contributed by atoms with E-state index >= 15 is 0 Å². The average molecular weight is 321 g/mol. The van der Waals surface area contributed by atoms with Crippen LogP contribution in [0.15, 0.2) is 24.3 Å². The summed E-state index contributed by atoms with van der Waals surface area (Å²) in [6.07, 6.45) is 1.92. The van der Waals surface area contributed by atoms with Gasteiger partial charge in [-0.3, -0.25) is 19.7 Å². The van der Waals surface area contributed by atoms with Crippen molar-refractivity contribution in [1.82, 2.24) is 10.6 Å². The fraction of sp³-hybridized carbons (Fsp3) is 0.467. The third-order valence-corrected chi connectivity index (χ3v) is 3.59. The van der Waals surface area contributed by atoms with Crippen molar-refractivity contribution in [2.75, 3.05) is 13.2 Å². The minimum Gasteiger partial charge on any atom is -0.376 e. The first-order valence-electron chi connectivity index (χ1n) is 7.42. The predicted molar refractivity (Wildman–Crippen MR) is 82.0 cm³/mol. The number of carbonyl (C=O) groups excluding carboxylic acids is 2. The number of ether oxygens (including phenoxy) is 1. The molecule has 1 fully saturated rings. The number of nitro groups is 1. The van der Waals surface area contributed by atoms with Gasteiger partial charge in [0.25, 0.3) is 11.6 Å². The lowest BCUT2D eigenvalue weighted by atomic mass is 10.1. The zero-order valence-corrected chi connectivity index (χ0v) is 12.8. The number of benzene rings is 1. The largest absolute Gasteiger partial charge is 0.376 e. The summed E-state index contributed by atoms with van der Waals surface area (Å²) >= 11 is 0. The first-order chi connectivity index (χ1) is 11.0. The minimum absolute atomic E-state index is 0.0265. The first-order valence-corrected chi connectivity index (χ1v) is 7.42. The molecule has 1 saturated heterocycles. The highest BCUT2D eigenvalue weighted by molar-refractivity contribution is 5.97. The standard InChI is InChI=1S/C15H19N3O5/c1-10(14(19)16-9-13-6-3-7-23-13)17-15(20)11-4-2-5-12(8-11)18(21)22/h2,4-5,8,10,13H,3,6-7,9H2,1H3,(H,16,19)(H,17,20). The normalized spacial score (nSPS) is 18.2. The van der Waals surface area contributed by atoms with Gasteiger partial charge in [0.1, 0.15) is 6.04 Å². The van der Waals surface area contributed by atoms with E-state index in [1.54, 1.807) is 6.92 Å². The van der Waals surface area contributed by atoms with Crippen LogP contribution in [0.3, 0.4) is 0 Å². The highest BCUT2D eigenvalue weighted by Crippen LogP contribution is 2.13. The zero-order chi connectivity index (χ0) is 16.8. The molecule has 2 atom stereocenters. The lowest BCUT2D eigenvalue weighted by Gasteiger charge is -2.16. The molecule has 2 amide bonds. The third-order valence-electron chi connectivity index (χ3n) is 3.59. The van der Waals surface area contributed by atoms with Gasteiger partial charge in [-0.25, -0.2) is 0 Å². The Morgan fingerprint density at radius 3 is 2.91 bits per heavy atom. The van der Waals surface area contributed by atoms with E-state index < -0.39 is 16.9 Å². The van der Waals surface area contributed by atoms with Crippen LogP contribution in [0.5, 0.6) is 0 Å². The number of nitrogens with zero attached hydrogens (tertiary/aromatic N) is 1. The summed E-state index contributed by atoms with van der Waals surface area (Å²) in [4.78, 5) is 34.1. The van der Waals surface area contributed by atoms with E-state index in [4.69, 9.17) is 4.74 Å². The van der Waals surface area contributed by atoms with Crippen LogP contribution in [0.1, 0.15) is 30.1 Å². The number of hydrogen-bond donors (Lipinski definition) is 2. The third kappa shape index (κ3) is 4.75. The maximum Gasteiger partial charge on any atom is 0.270 e. The van der Waals surface area contributed by atoms with Gasteiger partial charge in [-0.05, 0) is 25.8 Å². The monoisotopic (exact) mass is 321 g/mol. The molecule has 1 aromatic carbocycles. The van der Waals surface area contributed by atoms with Gasteiger partial charge >= 0.3 is 0 Å². The number of nitro benzene ring substituents is 1. The Bertz CT molecular complexity index is 599. The van der Waals surface area contributed by atoms with Crippen LogP contribution in [0.4, 0.5) is 5.69 Å². The number of carbonyl (C=O) groups is 2. The summed E-state index contributed by atoms with van der Waals surface area (Å²) in [6.45, 7) is 2.68. The highest BCUT2D eigenvalue weighted by atomic mass is 16.6. The molecular formula is C15H19N3O5. The minimum atomic E-state index is -0.747. The summed E-state index contributed by atoms with van der Waals surface area (Å²) in [5.74, 6) is -0.854. The Morgan fingerprint density at radius 2 is 2.26 bits per heavy atom. The molecular weight excluding hydrogens is 302 g/mol. The Hall–Kier alpha value is -2.48. The van der Waals surface area contributed by atoms with Gasteiger partial charge in [0, 0.05) is 30.8 Å². The first kappa shape index (κ1) is 16.9. The van der Waals surface area contributed by atoms with E-state index in [9.17, 15) is 19.7 Å². The molecule has 23 heavy (non-hydrogen) atoms. The summed E-state index contributed by atoms with van der Waals surface area (Å²) in [6, 6.07) is 4.61. The van der Waals surface area contributed by atoms with Gasteiger partial charge in [-0.2, -0.15) is 0 Å². The van der Waals surface area contributed by atoms with Crippen LogP contribution in [0.2, 0.25) is 0 Å². The summed E-state index contributed by atoms with van der Waals surface area (Å²) in [7, 11) is 0. The number of amides is 2. The maximum atomic E-state index is 12.1. The Balaban J connectivity index is 1.87. The molecule has 1 heterocycles. The molecule has 1 aliphatic heterocycles. The zero-order valence-electron chi connectivity index (χ0n) is 12.8. The van der Waals surface area contributed by atoms with Crippen LogP contribution in [-0.4, -0.2) is 42.0 Å². The van der Waals surface area contributed by atoms with Crippen molar-refractivity contribution in [3.05, 3.63) is 39.9 Å². The van der Waals surface area contributed by atoms with Crippen molar-refractivity contribution in [1.29, 1.82) is 0 Å². The highest BCUT2D eigenvalue weighted by Gasteiger charge is 2.20. The van der Waals surface area contributed by atoms with Gasteiger partial charge in [0.05, 0.1) is 11.0 Å². The molecule has 1 aromatic rings. The van der Waals surface area contributed by atoms with Crippen molar-refractivity contribution < 1.29 is 19.2 Å². The fourth-order valence-corrected chi connectivity index (χ4v) is 2.28. The van der Waals surface area contributed by atoms with E-state index in [0.29, 0.717) is 13.2 Å². The molecule has 0 saturated carbocycles. The topological polar surface area (TPSA) is 111 Å². The van der Waals surface area contributed by atoms with Crippen LogP contribution in [0.25, 0.3) is 0 Å². The fourth-order valence-electron chi connectivity index (χ4n) is 2.28. The summed E-state index contributed by atoms with van der Waals surface area (Å²) in [5.41, 5.74) is -0.0360. The second kappa shape index (κ2) is 7.68. The van der Waals surface area contributed by atoms with Crippen molar-refractivity contribution in [2.24, 2.45) is 0 Å². The second-order valence-electron chi connectivity index (χ2n) is 5.38. The molecule has 0 bridgehead atoms. The molecule has 2 rings (SSSR count). The Kier molecular flexibility index (Phi) is 5.64. The van der Waals surface area contributed by atoms with Gasteiger partial charge in [0.2, 0.25) is 5.91 Å². The lowest BCUT2D eigenvalue weighted by molar-refractivity contribution is -0.384. The van der Waals surface area contributed by atoms with Gasteiger partial charge < -0.3 is 15.4 Å². The van der Waals surface area contributed by atoms with Crippen LogP contribution in [-0.2, 0) is 9.53 Å². The lowest BCUT2D eigenvalue weighted by Crippen LogP contribution is -2.46. The molecule has 0 radical (unpaired) electrons. The summed E-state index contributed by atoms with van der Waals surface area (Å²) < 4.78 is 5.40.